The number of rotatable bonds is 8. The fourth-order valence-corrected chi connectivity index (χ4v) is 4.04. The van der Waals surface area contributed by atoms with Gasteiger partial charge in [0.1, 0.15) is 0 Å². The van der Waals surface area contributed by atoms with Crippen LogP contribution >= 0.6 is 11.6 Å². The second-order valence-electron chi connectivity index (χ2n) is 8.35. The van der Waals surface area contributed by atoms with E-state index < -0.39 is 30.1 Å². The highest BCUT2D eigenvalue weighted by atomic mass is 35.5. The molecule has 0 aliphatic rings. The average Bonchev–Trinajstić information content (AvgIpc) is 2.93. The van der Waals surface area contributed by atoms with Crippen LogP contribution in [-0.2, 0) is 0 Å². The molecule has 8 nitrogen and oxygen atoms in total. The Hall–Kier alpha value is -4.82. The molecular weight excluding hydrogens is 504 g/mol. The van der Waals surface area contributed by atoms with Crippen LogP contribution in [0.1, 0.15) is 33.6 Å². The largest absolute Gasteiger partial charge is 0.545 e. The third-order valence-corrected chi connectivity index (χ3v) is 5.93. The summed E-state index contributed by atoms with van der Waals surface area (Å²) < 4.78 is 0. The molecule has 0 saturated carbocycles. The van der Waals surface area contributed by atoms with Crippen molar-refractivity contribution in [1.29, 1.82) is 0 Å². The lowest BCUT2D eigenvalue weighted by Gasteiger charge is -2.30. The number of urea groups is 2. The van der Waals surface area contributed by atoms with Crippen molar-refractivity contribution < 1.29 is 19.5 Å². The Bertz CT molecular complexity index is 1400. The zero-order chi connectivity index (χ0) is 26.9. The normalized spacial score (nSPS) is 12.0. The van der Waals surface area contributed by atoms with E-state index in [1.165, 1.54) is 18.2 Å². The van der Waals surface area contributed by atoms with Crippen LogP contribution in [0.15, 0.2) is 109 Å². The fraction of sp³-hybridized carbons (Fsp3) is 0.0690. The van der Waals surface area contributed by atoms with Gasteiger partial charge in [0, 0.05) is 16.4 Å². The SMILES string of the molecule is O=C(Nc1ccc(Cl)cc1)NC(c1ccccc1)C(NC(=O)Nc1cccc(C(=O)[O-])c1)c1ccccc1. The standard InChI is InChI=1S/C29H25ClN4O4/c30-22-14-16-23(17-15-22)31-28(37)33-25(19-8-3-1-4-9-19)26(20-10-5-2-6-11-20)34-29(38)32-24-13-7-12-21(18-24)27(35)36/h1-18,25-26H,(H,35,36)(H2,31,33,37)(H2,32,34,38)/p-1. The molecule has 0 saturated heterocycles. The number of hydrogen-bond acceptors (Lipinski definition) is 4. The Kier molecular flexibility index (Phi) is 8.58. The summed E-state index contributed by atoms with van der Waals surface area (Å²) in [7, 11) is 0. The van der Waals surface area contributed by atoms with E-state index in [0.29, 0.717) is 10.7 Å². The molecule has 4 aromatic rings. The van der Waals surface area contributed by atoms with Crippen molar-refractivity contribution in [3.8, 4) is 0 Å². The minimum atomic E-state index is -1.35. The van der Waals surface area contributed by atoms with Gasteiger partial charge < -0.3 is 31.2 Å². The summed E-state index contributed by atoms with van der Waals surface area (Å²) in [6.07, 6.45) is 0. The third-order valence-electron chi connectivity index (χ3n) is 5.68. The van der Waals surface area contributed by atoms with Crippen molar-refractivity contribution in [2.75, 3.05) is 10.6 Å². The van der Waals surface area contributed by atoms with Gasteiger partial charge in [-0.2, -0.15) is 0 Å². The molecule has 0 fully saturated rings. The Morgan fingerprint density at radius 1 is 0.605 bits per heavy atom. The maximum absolute atomic E-state index is 13.1. The first-order valence-electron chi connectivity index (χ1n) is 11.7. The number of amides is 4. The van der Waals surface area contributed by atoms with Gasteiger partial charge in [-0.15, -0.1) is 0 Å². The van der Waals surface area contributed by atoms with Gasteiger partial charge in [0.15, 0.2) is 0 Å². The number of nitrogens with one attached hydrogen (secondary N) is 4. The lowest BCUT2D eigenvalue weighted by molar-refractivity contribution is -0.255. The van der Waals surface area contributed by atoms with Gasteiger partial charge in [-0.05, 0) is 53.1 Å². The first-order valence-corrected chi connectivity index (χ1v) is 12.1. The first-order chi connectivity index (χ1) is 18.4. The number of aromatic carboxylic acids is 1. The molecule has 0 aromatic heterocycles. The maximum Gasteiger partial charge on any atom is 0.319 e. The van der Waals surface area contributed by atoms with Gasteiger partial charge in [0.25, 0.3) is 0 Å². The van der Waals surface area contributed by atoms with Crippen molar-refractivity contribution in [3.05, 3.63) is 131 Å². The van der Waals surface area contributed by atoms with Crippen molar-refractivity contribution in [2.24, 2.45) is 0 Å². The monoisotopic (exact) mass is 527 g/mol. The topological polar surface area (TPSA) is 122 Å². The molecule has 0 radical (unpaired) electrons. The molecule has 0 heterocycles. The number of carbonyl (C=O) groups is 3. The molecule has 4 amide bonds. The Labute approximate surface area is 224 Å². The lowest BCUT2D eigenvalue weighted by atomic mass is 9.93. The van der Waals surface area contributed by atoms with Crippen LogP contribution in [0, 0.1) is 0 Å². The van der Waals surface area contributed by atoms with Crippen LogP contribution < -0.4 is 26.4 Å². The van der Waals surface area contributed by atoms with E-state index >= 15 is 0 Å². The quantitative estimate of drug-likeness (QED) is 0.254. The van der Waals surface area contributed by atoms with E-state index in [9.17, 15) is 19.5 Å². The van der Waals surface area contributed by atoms with Crippen molar-refractivity contribution in [2.45, 2.75) is 12.1 Å². The summed E-state index contributed by atoms with van der Waals surface area (Å²) in [5.41, 5.74) is 2.26. The predicted molar refractivity (Wildman–Crippen MR) is 145 cm³/mol. The van der Waals surface area contributed by atoms with E-state index in [1.807, 2.05) is 60.7 Å². The van der Waals surface area contributed by atoms with Crippen LogP contribution in [0.25, 0.3) is 0 Å². The number of anilines is 2. The van der Waals surface area contributed by atoms with Gasteiger partial charge in [-0.3, -0.25) is 0 Å². The van der Waals surface area contributed by atoms with Crippen LogP contribution in [0.3, 0.4) is 0 Å². The highest BCUT2D eigenvalue weighted by Gasteiger charge is 2.28. The Morgan fingerprint density at radius 3 is 1.61 bits per heavy atom. The van der Waals surface area contributed by atoms with Crippen molar-refractivity contribution in [1.82, 2.24) is 10.6 Å². The van der Waals surface area contributed by atoms with E-state index in [4.69, 9.17) is 11.6 Å². The van der Waals surface area contributed by atoms with Crippen LogP contribution in [0.4, 0.5) is 21.0 Å². The summed E-state index contributed by atoms with van der Waals surface area (Å²) >= 11 is 5.95. The predicted octanol–water partition coefficient (Wildman–Crippen LogP) is 5.13. The van der Waals surface area contributed by atoms with E-state index in [-0.39, 0.29) is 11.3 Å². The van der Waals surface area contributed by atoms with E-state index in [0.717, 1.165) is 11.1 Å². The number of benzene rings is 4. The van der Waals surface area contributed by atoms with Gasteiger partial charge in [-0.1, -0.05) is 84.4 Å². The third kappa shape index (κ3) is 7.11. The van der Waals surface area contributed by atoms with Crippen LogP contribution in [-0.4, -0.2) is 18.0 Å². The molecule has 0 bridgehead atoms. The average molecular weight is 528 g/mol. The molecule has 0 spiro atoms. The number of halogens is 1. The molecule has 0 aliphatic carbocycles. The summed E-state index contributed by atoms with van der Waals surface area (Å²) in [5, 5.41) is 23.1. The van der Waals surface area contributed by atoms with Crippen molar-refractivity contribution in [3.63, 3.8) is 0 Å². The zero-order valence-electron chi connectivity index (χ0n) is 20.1. The fourth-order valence-electron chi connectivity index (χ4n) is 3.91. The molecule has 2 atom stereocenters. The molecule has 4 rings (SSSR count). The molecule has 2 unspecified atom stereocenters. The number of carboxylic acid groups (broad SMARTS) is 1. The second-order valence-corrected chi connectivity index (χ2v) is 8.79. The zero-order valence-corrected chi connectivity index (χ0v) is 20.8. The first kappa shape index (κ1) is 26.2. The number of hydrogen-bond donors (Lipinski definition) is 4. The van der Waals surface area contributed by atoms with Gasteiger partial charge in [-0.25, -0.2) is 9.59 Å². The lowest BCUT2D eigenvalue weighted by Crippen LogP contribution is -2.43. The van der Waals surface area contributed by atoms with Crippen molar-refractivity contribution >= 4 is 41.0 Å². The minimum absolute atomic E-state index is 0.0647. The molecular formula is C29H24ClN4O4-. The van der Waals surface area contributed by atoms with Gasteiger partial charge in [0.2, 0.25) is 0 Å². The second kappa shape index (κ2) is 12.4. The highest BCUT2D eigenvalue weighted by molar-refractivity contribution is 6.30. The summed E-state index contributed by atoms with van der Waals surface area (Å²) in [4.78, 5) is 37.4. The van der Waals surface area contributed by atoms with Crippen LogP contribution in [0.5, 0.6) is 0 Å². The molecule has 4 N–H and O–H groups in total. The summed E-state index contributed by atoms with van der Waals surface area (Å²) in [5.74, 6) is -1.35. The highest BCUT2D eigenvalue weighted by Crippen LogP contribution is 2.29. The maximum atomic E-state index is 13.1. The van der Waals surface area contributed by atoms with Gasteiger partial charge in [0.05, 0.1) is 18.1 Å². The number of carbonyl (C=O) groups excluding carboxylic acids is 3. The minimum Gasteiger partial charge on any atom is -0.545 e. The van der Waals surface area contributed by atoms with E-state index in [2.05, 4.69) is 21.3 Å². The van der Waals surface area contributed by atoms with Gasteiger partial charge >= 0.3 is 12.1 Å². The van der Waals surface area contributed by atoms with E-state index in [1.54, 1.807) is 30.3 Å². The molecule has 4 aromatic carbocycles. The molecule has 9 heteroatoms. The summed E-state index contributed by atoms with van der Waals surface area (Å²) in [6.45, 7) is 0. The smallest absolute Gasteiger partial charge is 0.319 e. The number of carboxylic acids is 1. The van der Waals surface area contributed by atoms with Crippen LogP contribution in [0.2, 0.25) is 5.02 Å². The summed E-state index contributed by atoms with van der Waals surface area (Å²) in [6, 6.07) is 28.5. The Morgan fingerprint density at radius 2 is 1.11 bits per heavy atom. The molecule has 38 heavy (non-hydrogen) atoms. The molecule has 192 valence electrons. The molecule has 0 aliphatic heterocycles. The Balaban J connectivity index is 1.61.